The lowest BCUT2D eigenvalue weighted by Gasteiger charge is -2.02. The lowest BCUT2D eigenvalue weighted by molar-refractivity contribution is 0.402. The van der Waals surface area contributed by atoms with Gasteiger partial charge in [0, 0.05) is 6.07 Å². The third-order valence-electron chi connectivity index (χ3n) is 3.29. The monoisotopic (exact) mass is 283 g/mol. The lowest BCUT2D eigenvalue weighted by Crippen LogP contribution is -1.89. The number of benzene rings is 2. The molecule has 0 spiro atoms. The Morgan fingerprint density at radius 1 is 0.905 bits per heavy atom. The Labute approximate surface area is 122 Å². The van der Waals surface area contributed by atoms with E-state index >= 15 is 0 Å². The van der Waals surface area contributed by atoms with Crippen LogP contribution in [0.1, 0.15) is 0 Å². The van der Waals surface area contributed by atoms with Gasteiger partial charge in [-0.15, -0.1) is 0 Å². The molecule has 106 valence electrons. The number of hydrogen-bond acceptors (Lipinski definition) is 3. The molecule has 2 aromatic carbocycles. The zero-order chi connectivity index (χ0) is 14.8. The SMILES string of the molecule is COc1ccc(-c2[o+]c3cc(O)ccc3cc2OC)cc1. The van der Waals surface area contributed by atoms with Crippen LogP contribution in [0.15, 0.2) is 52.9 Å². The first-order valence-electron chi connectivity index (χ1n) is 6.49. The van der Waals surface area contributed by atoms with E-state index < -0.39 is 0 Å². The van der Waals surface area contributed by atoms with Crippen molar-refractivity contribution in [1.82, 2.24) is 0 Å². The zero-order valence-corrected chi connectivity index (χ0v) is 11.8. The van der Waals surface area contributed by atoms with Crippen molar-refractivity contribution < 1.29 is 19.0 Å². The maximum atomic E-state index is 9.58. The van der Waals surface area contributed by atoms with Gasteiger partial charge in [-0.25, -0.2) is 4.42 Å². The average Bonchev–Trinajstić information content (AvgIpc) is 2.53. The van der Waals surface area contributed by atoms with Crippen LogP contribution < -0.4 is 9.47 Å². The van der Waals surface area contributed by atoms with E-state index in [2.05, 4.69) is 0 Å². The minimum absolute atomic E-state index is 0.164. The maximum absolute atomic E-state index is 9.58. The number of rotatable bonds is 3. The second-order valence-electron chi connectivity index (χ2n) is 4.59. The molecule has 0 atom stereocenters. The third kappa shape index (κ3) is 2.48. The topological polar surface area (TPSA) is 50.0 Å². The van der Waals surface area contributed by atoms with Gasteiger partial charge in [0.1, 0.15) is 11.5 Å². The molecule has 0 saturated heterocycles. The van der Waals surface area contributed by atoms with Crippen LogP contribution >= 0.6 is 0 Å². The molecule has 1 N–H and O–H groups in total. The molecule has 0 saturated carbocycles. The molecular weight excluding hydrogens is 268 g/mol. The van der Waals surface area contributed by atoms with Crippen LogP contribution in [0.25, 0.3) is 22.3 Å². The molecule has 4 heteroatoms. The molecule has 4 nitrogen and oxygen atoms in total. The molecule has 3 rings (SSSR count). The van der Waals surface area contributed by atoms with Crippen molar-refractivity contribution in [2.45, 2.75) is 0 Å². The largest absolute Gasteiger partial charge is 0.508 e. The van der Waals surface area contributed by atoms with E-state index in [0.717, 1.165) is 16.7 Å². The van der Waals surface area contributed by atoms with E-state index in [1.54, 1.807) is 32.4 Å². The summed E-state index contributed by atoms with van der Waals surface area (Å²) in [5, 5.41) is 10.4. The summed E-state index contributed by atoms with van der Waals surface area (Å²) in [5.74, 6) is 2.19. The molecule has 21 heavy (non-hydrogen) atoms. The van der Waals surface area contributed by atoms with E-state index in [1.165, 1.54) is 0 Å². The minimum Gasteiger partial charge on any atom is -0.508 e. The smallest absolute Gasteiger partial charge is 0.402 e. The first-order valence-corrected chi connectivity index (χ1v) is 6.49. The molecule has 0 amide bonds. The molecule has 0 aliphatic rings. The van der Waals surface area contributed by atoms with Crippen LogP contribution in [-0.4, -0.2) is 19.3 Å². The summed E-state index contributed by atoms with van der Waals surface area (Å²) in [4.78, 5) is 0. The van der Waals surface area contributed by atoms with Gasteiger partial charge in [-0.05, 0) is 36.4 Å². The molecule has 0 unspecified atom stereocenters. The minimum atomic E-state index is 0.164. The van der Waals surface area contributed by atoms with Gasteiger partial charge < -0.3 is 14.6 Å². The van der Waals surface area contributed by atoms with Crippen molar-refractivity contribution >= 4 is 11.0 Å². The van der Waals surface area contributed by atoms with Crippen LogP contribution in [0.2, 0.25) is 0 Å². The standard InChI is InChI=1S/C17H14O4/c1-19-14-7-4-11(5-8-14)17-16(20-2)9-12-3-6-13(18)10-15(12)21-17/h3-10H,1-2H3/p+1. The van der Waals surface area contributed by atoms with Crippen molar-refractivity contribution in [3.05, 3.63) is 48.5 Å². The Morgan fingerprint density at radius 3 is 2.33 bits per heavy atom. The number of hydrogen-bond donors (Lipinski definition) is 1. The van der Waals surface area contributed by atoms with Crippen molar-refractivity contribution in [3.63, 3.8) is 0 Å². The Hall–Kier alpha value is -2.75. The van der Waals surface area contributed by atoms with Gasteiger partial charge >= 0.3 is 11.3 Å². The molecule has 0 aliphatic heterocycles. The quantitative estimate of drug-likeness (QED) is 0.735. The first-order chi connectivity index (χ1) is 10.2. The summed E-state index contributed by atoms with van der Waals surface area (Å²) < 4.78 is 16.5. The van der Waals surface area contributed by atoms with Crippen molar-refractivity contribution in [1.29, 1.82) is 0 Å². The molecular formula is C17H15O4+. The number of aromatic hydroxyl groups is 1. The molecule has 1 heterocycles. The summed E-state index contributed by atoms with van der Waals surface area (Å²) in [6.07, 6.45) is 0. The Balaban J connectivity index is 2.18. The van der Waals surface area contributed by atoms with E-state index in [-0.39, 0.29) is 5.75 Å². The number of phenols is 1. The van der Waals surface area contributed by atoms with Gasteiger partial charge in [0.25, 0.3) is 0 Å². The predicted octanol–water partition coefficient (Wildman–Crippen LogP) is 4.10. The predicted molar refractivity (Wildman–Crippen MR) is 80.8 cm³/mol. The van der Waals surface area contributed by atoms with Gasteiger partial charge in [-0.2, -0.15) is 0 Å². The van der Waals surface area contributed by atoms with Crippen molar-refractivity contribution in [2.75, 3.05) is 14.2 Å². The molecule has 1 aromatic heterocycles. The zero-order valence-electron chi connectivity index (χ0n) is 11.8. The summed E-state index contributed by atoms with van der Waals surface area (Å²) in [7, 11) is 3.23. The Bertz CT molecular complexity index is 779. The van der Waals surface area contributed by atoms with Gasteiger partial charge in [0.2, 0.25) is 5.75 Å². The number of ether oxygens (including phenoxy) is 2. The van der Waals surface area contributed by atoms with E-state index in [4.69, 9.17) is 13.9 Å². The average molecular weight is 283 g/mol. The molecule has 3 aromatic rings. The van der Waals surface area contributed by atoms with E-state index in [1.807, 2.05) is 30.3 Å². The summed E-state index contributed by atoms with van der Waals surface area (Å²) in [6.45, 7) is 0. The Morgan fingerprint density at radius 2 is 1.67 bits per heavy atom. The fourth-order valence-electron chi connectivity index (χ4n) is 2.19. The highest BCUT2D eigenvalue weighted by molar-refractivity contribution is 5.83. The lowest BCUT2D eigenvalue weighted by atomic mass is 10.1. The third-order valence-corrected chi connectivity index (χ3v) is 3.29. The Kier molecular flexibility index (Phi) is 3.36. The van der Waals surface area contributed by atoms with Crippen LogP contribution in [0.3, 0.4) is 0 Å². The highest BCUT2D eigenvalue weighted by atomic mass is 16.5. The highest BCUT2D eigenvalue weighted by Crippen LogP contribution is 2.35. The highest BCUT2D eigenvalue weighted by Gasteiger charge is 2.22. The summed E-state index contributed by atoms with van der Waals surface area (Å²) in [6, 6.07) is 14.4. The normalized spacial score (nSPS) is 10.6. The second-order valence-corrected chi connectivity index (χ2v) is 4.59. The van der Waals surface area contributed by atoms with E-state index in [9.17, 15) is 5.11 Å². The molecule has 0 fully saturated rings. The number of fused-ring (bicyclic) bond motifs is 1. The fourth-order valence-corrected chi connectivity index (χ4v) is 2.19. The molecule has 0 aliphatic carbocycles. The number of phenolic OH excluding ortho intramolecular Hbond substituents is 1. The van der Waals surface area contributed by atoms with Crippen molar-refractivity contribution in [2.24, 2.45) is 0 Å². The van der Waals surface area contributed by atoms with Crippen molar-refractivity contribution in [3.8, 4) is 28.6 Å². The second kappa shape index (κ2) is 5.32. The van der Waals surface area contributed by atoms with Gasteiger partial charge in [-0.3, -0.25) is 0 Å². The van der Waals surface area contributed by atoms with Crippen LogP contribution in [0.4, 0.5) is 0 Å². The van der Waals surface area contributed by atoms with Gasteiger partial charge in [0.05, 0.1) is 31.2 Å². The van der Waals surface area contributed by atoms with Crippen LogP contribution in [-0.2, 0) is 0 Å². The first kappa shape index (κ1) is 13.2. The van der Waals surface area contributed by atoms with Gasteiger partial charge in [0.15, 0.2) is 0 Å². The fraction of sp³-hybridized carbons (Fsp3) is 0.118. The van der Waals surface area contributed by atoms with E-state index in [0.29, 0.717) is 17.1 Å². The van der Waals surface area contributed by atoms with Crippen LogP contribution in [0, 0.1) is 0 Å². The number of methoxy groups -OCH3 is 2. The molecule has 0 radical (unpaired) electrons. The molecule has 0 bridgehead atoms. The summed E-state index contributed by atoms with van der Waals surface area (Å²) in [5.41, 5.74) is 1.47. The van der Waals surface area contributed by atoms with Crippen LogP contribution in [0.5, 0.6) is 17.2 Å². The maximum Gasteiger partial charge on any atom is 0.402 e. The summed E-state index contributed by atoms with van der Waals surface area (Å²) >= 11 is 0. The van der Waals surface area contributed by atoms with Gasteiger partial charge in [-0.1, -0.05) is 0 Å².